The van der Waals surface area contributed by atoms with Crippen molar-refractivity contribution in [3.05, 3.63) is 17.6 Å². The summed E-state index contributed by atoms with van der Waals surface area (Å²) in [7, 11) is -3.38. The van der Waals surface area contributed by atoms with E-state index in [2.05, 4.69) is 25.1 Å². The molecule has 8 nitrogen and oxygen atoms in total. The highest BCUT2D eigenvalue weighted by Gasteiger charge is 2.30. The van der Waals surface area contributed by atoms with E-state index in [1.165, 1.54) is 0 Å². The van der Waals surface area contributed by atoms with Crippen LogP contribution < -0.4 is 4.72 Å². The molecule has 0 radical (unpaired) electrons. The highest BCUT2D eigenvalue weighted by molar-refractivity contribution is 7.88. The predicted molar refractivity (Wildman–Crippen MR) is 72.3 cm³/mol. The number of aromatic amines is 1. The average molecular weight is 299 g/mol. The van der Waals surface area contributed by atoms with E-state index in [4.69, 9.17) is 4.52 Å². The molecule has 0 aliphatic heterocycles. The van der Waals surface area contributed by atoms with Crippen molar-refractivity contribution in [3.63, 3.8) is 0 Å². The van der Waals surface area contributed by atoms with Crippen molar-refractivity contribution in [2.75, 3.05) is 6.26 Å². The van der Waals surface area contributed by atoms with E-state index >= 15 is 0 Å². The molecule has 110 valence electrons. The smallest absolute Gasteiger partial charge is 0.278 e. The van der Waals surface area contributed by atoms with E-state index < -0.39 is 15.6 Å². The zero-order valence-corrected chi connectivity index (χ0v) is 12.6. The number of nitrogens with zero attached hydrogens (tertiary/aromatic N) is 3. The van der Waals surface area contributed by atoms with Gasteiger partial charge in [-0.05, 0) is 26.3 Å². The molecule has 2 N–H and O–H groups in total. The van der Waals surface area contributed by atoms with Gasteiger partial charge in [-0.25, -0.2) is 13.1 Å². The number of sulfonamides is 1. The fraction of sp³-hybridized carbons (Fsp3) is 0.545. The molecular formula is C11H17N5O3S. The first-order valence-corrected chi connectivity index (χ1v) is 7.98. The number of hydrogen-bond acceptors (Lipinski definition) is 6. The summed E-state index contributed by atoms with van der Waals surface area (Å²) in [6, 6.07) is 1.81. The summed E-state index contributed by atoms with van der Waals surface area (Å²) in [4.78, 5) is 4.20. The molecule has 2 aromatic rings. The first-order valence-electron chi connectivity index (χ1n) is 6.09. The Balaban J connectivity index is 2.28. The molecule has 2 aromatic heterocycles. The van der Waals surface area contributed by atoms with Gasteiger partial charge in [0.15, 0.2) is 11.5 Å². The first kappa shape index (κ1) is 14.7. The second kappa shape index (κ2) is 4.98. The minimum absolute atomic E-state index is 0.249. The van der Waals surface area contributed by atoms with E-state index in [0.29, 0.717) is 5.69 Å². The summed E-state index contributed by atoms with van der Waals surface area (Å²) in [5.74, 6) is 0.498. The second-order valence-corrected chi connectivity index (χ2v) is 6.80. The van der Waals surface area contributed by atoms with Crippen LogP contribution in [0, 0.1) is 0 Å². The third-order valence-corrected chi connectivity index (χ3v) is 3.54. The molecule has 2 heterocycles. The summed E-state index contributed by atoms with van der Waals surface area (Å²) in [5.41, 5.74) is 0.531. The quantitative estimate of drug-likeness (QED) is 0.844. The molecule has 0 amide bonds. The van der Waals surface area contributed by atoms with Gasteiger partial charge in [0, 0.05) is 5.69 Å². The van der Waals surface area contributed by atoms with Crippen LogP contribution in [0.2, 0.25) is 0 Å². The Kier molecular flexibility index (Phi) is 3.65. The van der Waals surface area contributed by atoms with E-state index in [1.807, 2.05) is 13.0 Å². The van der Waals surface area contributed by atoms with Crippen LogP contribution in [-0.4, -0.2) is 35.0 Å². The summed E-state index contributed by atoms with van der Waals surface area (Å²) in [5, 5.41) is 10.7. The molecule has 0 aliphatic carbocycles. The zero-order valence-electron chi connectivity index (χ0n) is 11.8. The van der Waals surface area contributed by atoms with Gasteiger partial charge in [-0.3, -0.25) is 5.10 Å². The third-order valence-electron chi connectivity index (χ3n) is 2.66. The van der Waals surface area contributed by atoms with Gasteiger partial charge in [-0.15, -0.1) is 0 Å². The fourth-order valence-electron chi connectivity index (χ4n) is 1.74. The number of aryl methyl sites for hydroxylation is 1. The van der Waals surface area contributed by atoms with Gasteiger partial charge >= 0.3 is 0 Å². The van der Waals surface area contributed by atoms with Crippen LogP contribution in [0.1, 0.15) is 32.3 Å². The molecule has 0 saturated heterocycles. The lowest BCUT2D eigenvalue weighted by Gasteiger charge is -2.20. The van der Waals surface area contributed by atoms with Gasteiger partial charge < -0.3 is 4.52 Å². The highest BCUT2D eigenvalue weighted by atomic mass is 32.2. The van der Waals surface area contributed by atoms with Gasteiger partial charge in [0.25, 0.3) is 5.89 Å². The standard InChI is InChI=1S/C11H17N5O3S/c1-5-7-6-8(14-13-7)9-12-10(15-19-9)11(2,3)16-20(4,17)18/h6,16H,5H2,1-4H3,(H,13,14). The van der Waals surface area contributed by atoms with E-state index in [9.17, 15) is 8.42 Å². The molecule has 0 atom stereocenters. The van der Waals surface area contributed by atoms with Crippen LogP contribution in [0.4, 0.5) is 0 Å². The molecule has 9 heteroatoms. The van der Waals surface area contributed by atoms with E-state index in [0.717, 1.165) is 18.4 Å². The fourth-order valence-corrected chi connectivity index (χ4v) is 2.76. The van der Waals surface area contributed by atoms with Crippen molar-refractivity contribution >= 4 is 10.0 Å². The number of H-pyrrole nitrogens is 1. The van der Waals surface area contributed by atoms with Gasteiger partial charge in [0.1, 0.15) is 0 Å². The molecular weight excluding hydrogens is 282 g/mol. The molecule has 0 saturated carbocycles. The Morgan fingerprint density at radius 3 is 2.70 bits per heavy atom. The van der Waals surface area contributed by atoms with Gasteiger partial charge in [0.2, 0.25) is 10.0 Å². The minimum atomic E-state index is -3.38. The number of rotatable bonds is 5. The Morgan fingerprint density at radius 2 is 2.15 bits per heavy atom. The number of hydrogen-bond donors (Lipinski definition) is 2. The first-order chi connectivity index (χ1) is 9.21. The number of nitrogens with one attached hydrogen (secondary N) is 2. The van der Waals surface area contributed by atoms with Crippen LogP contribution >= 0.6 is 0 Å². The monoisotopic (exact) mass is 299 g/mol. The normalized spacial score (nSPS) is 12.8. The Bertz CT molecular complexity index is 701. The summed E-state index contributed by atoms with van der Waals surface area (Å²) in [6.45, 7) is 5.31. The minimum Gasteiger partial charge on any atom is -0.332 e. The summed E-state index contributed by atoms with van der Waals surface area (Å²) >= 11 is 0. The van der Waals surface area contributed by atoms with E-state index in [-0.39, 0.29) is 11.7 Å². The van der Waals surface area contributed by atoms with Crippen LogP contribution in [0.3, 0.4) is 0 Å². The third kappa shape index (κ3) is 3.23. The zero-order chi connectivity index (χ0) is 15.0. The molecule has 0 bridgehead atoms. The predicted octanol–water partition coefficient (Wildman–Crippen LogP) is 0.806. The van der Waals surface area contributed by atoms with Crippen molar-refractivity contribution in [1.82, 2.24) is 25.1 Å². The highest BCUT2D eigenvalue weighted by Crippen LogP contribution is 2.22. The Morgan fingerprint density at radius 1 is 1.45 bits per heavy atom. The van der Waals surface area contributed by atoms with Gasteiger partial charge in [-0.1, -0.05) is 12.1 Å². The Hall–Kier alpha value is -1.74. The average Bonchev–Trinajstić information content (AvgIpc) is 2.94. The topological polar surface area (TPSA) is 114 Å². The molecule has 2 rings (SSSR count). The molecule has 20 heavy (non-hydrogen) atoms. The van der Waals surface area contributed by atoms with Gasteiger partial charge in [0.05, 0.1) is 11.8 Å². The molecule has 0 unspecified atom stereocenters. The maximum Gasteiger partial charge on any atom is 0.278 e. The lowest BCUT2D eigenvalue weighted by molar-refractivity contribution is 0.382. The van der Waals surface area contributed by atoms with Crippen molar-refractivity contribution < 1.29 is 12.9 Å². The summed E-state index contributed by atoms with van der Waals surface area (Å²) in [6.07, 6.45) is 1.89. The van der Waals surface area contributed by atoms with Gasteiger partial charge in [-0.2, -0.15) is 10.1 Å². The molecule has 0 aromatic carbocycles. The van der Waals surface area contributed by atoms with E-state index in [1.54, 1.807) is 13.8 Å². The largest absolute Gasteiger partial charge is 0.332 e. The van der Waals surface area contributed by atoms with Crippen LogP contribution in [0.15, 0.2) is 10.6 Å². The lowest BCUT2D eigenvalue weighted by Crippen LogP contribution is -2.41. The van der Waals surface area contributed by atoms with Crippen LogP contribution in [0.5, 0.6) is 0 Å². The van der Waals surface area contributed by atoms with Crippen molar-refractivity contribution in [2.45, 2.75) is 32.7 Å². The molecule has 0 spiro atoms. The Labute approximate surface area is 117 Å². The number of aromatic nitrogens is 4. The maximum atomic E-state index is 11.3. The van der Waals surface area contributed by atoms with Crippen LogP contribution in [0.25, 0.3) is 11.6 Å². The van der Waals surface area contributed by atoms with Crippen molar-refractivity contribution in [2.24, 2.45) is 0 Å². The molecule has 0 fully saturated rings. The van der Waals surface area contributed by atoms with Crippen LogP contribution in [-0.2, 0) is 22.0 Å². The second-order valence-electron chi connectivity index (χ2n) is 5.05. The molecule has 0 aliphatic rings. The summed E-state index contributed by atoms with van der Waals surface area (Å²) < 4.78 is 30.2. The lowest BCUT2D eigenvalue weighted by atomic mass is 10.1. The SMILES string of the molecule is CCc1cc(-c2nc(C(C)(C)NS(C)(=O)=O)no2)n[nH]1. The van der Waals surface area contributed by atoms with Crippen molar-refractivity contribution in [1.29, 1.82) is 0 Å². The van der Waals surface area contributed by atoms with Crippen molar-refractivity contribution in [3.8, 4) is 11.6 Å². The maximum absolute atomic E-state index is 11.3.